The number of imidazole rings is 1. The van der Waals surface area contributed by atoms with Crippen molar-refractivity contribution in [1.29, 1.82) is 0 Å². The summed E-state index contributed by atoms with van der Waals surface area (Å²) in [6, 6.07) is 6.82. The number of rotatable bonds is 4. The van der Waals surface area contributed by atoms with Crippen molar-refractivity contribution < 1.29 is 0 Å². The van der Waals surface area contributed by atoms with E-state index >= 15 is 0 Å². The van der Waals surface area contributed by atoms with E-state index in [4.69, 9.17) is 0 Å². The summed E-state index contributed by atoms with van der Waals surface area (Å²) < 4.78 is 2.07. The van der Waals surface area contributed by atoms with Gasteiger partial charge < -0.3 is 9.88 Å². The van der Waals surface area contributed by atoms with E-state index in [1.165, 1.54) is 16.7 Å². The fourth-order valence-electron chi connectivity index (χ4n) is 2.39. The summed E-state index contributed by atoms with van der Waals surface area (Å²) in [5.41, 5.74) is 3.87. The third-order valence-corrected chi connectivity index (χ3v) is 3.10. The smallest absolute Gasteiger partial charge is 0.130 e. The minimum Gasteiger partial charge on any atom is -0.336 e. The Morgan fingerprint density at radius 3 is 2.39 bits per heavy atom. The molecule has 96 valence electrons. The summed E-state index contributed by atoms with van der Waals surface area (Å²) in [6.07, 6.45) is 3.84. The maximum Gasteiger partial charge on any atom is 0.130 e. The fraction of sp³-hybridized carbons (Fsp3) is 0.400. The van der Waals surface area contributed by atoms with Gasteiger partial charge in [-0.15, -0.1) is 0 Å². The van der Waals surface area contributed by atoms with E-state index in [0.29, 0.717) is 0 Å². The predicted octanol–water partition coefficient (Wildman–Crippen LogP) is 2.74. The lowest BCUT2D eigenvalue weighted by atomic mass is 10.0. The first kappa shape index (κ1) is 12.8. The molecule has 1 N–H and O–H groups in total. The highest BCUT2D eigenvalue weighted by Gasteiger charge is 2.17. The van der Waals surface area contributed by atoms with Crippen LogP contribution in [-0.2, 0) is 7.05 Å². The molecule has 0 saturated carbocycles. The highest BCUT2D eigenvalue weighted by molar-refractivity contribution is 5.33. The van der Waals surface area contributed by atoms with Gasteiger partial charge in [0, 0.05) is 19.4 Å². The number of aromatic nitrogens is 2. The molecule has 1 atom stereocenters. The molecule has 1 heterocycles. The monoisotopic (exact) mass is 243 g/mol. The first-order chi connectivity index (χ1) is 8.61. The van der Waals surface area contributed by atoms with Crippen molar-refractivity contribution in [3.63, 3.8) is 0 Å². The lowest BCUT2D eigenvalue weighted by molar-refractivity contribution is 0.576. The van der Waals surface area contributed by atoms with Gasteiger partial charge >= 0.3 is 0 Å². The fourth-order valence-corrected chi connectivity index (χ4v) is 2.39. The summed E-state index contributed by atoms with van der Waals surface area (Å²) >= 11 is 0. The van der Waals surface area contributed by atoms with Crippen molar-refractivity contribution in [3.05, 3.63) is 53.1 Å². The zero-order chi connectivity index (χ0) is 13.1. The van der Waals surface area contributed by atoms with Crippen LogP contribution in [0.1, 0.15) is 35.5 Å². The summed E-state index contributed by atoms with van der Waals surface area (Å²) in [6.45, 7) is 7.32. The molecule has 0 aliphatic rings. The Morgan fingerprint density at radius 2 is 1.89 bits per heavy atom. The number of hydrogen-bond acceptors (Lipinski definition) is 2. The highest BCUT2D eigenvalue weighted by Crippen LogP contribution is 2.22. The first-order valence-corrected chi connectivity index (χ1v) is 6.40. The van der Waals surface area contributed by atoms with Gasteiger partial charge in [-0.1, -0.05) is 36.2 Å². The van der Waals surface area contributed by atoms with E-state index in [9.17, 15) is 0 Å². The molecule has 1 unspecified atom stereocenters. The van der Waals surface area contributed by atoms with Crippen molar-refractivity contribution in [2.45, 2.75) is 26.8 Å². The average Bonchev–Trinajstić information content (AvgIpc) is 2.71. The van der Waals surface area contributed by atoms with Crippen molar-refractivity contribution in [3.8, 4) is 0 Å². The molecule has 2 rings (SSSR count). The van der Waals surface area contributed by atoms with Gasteiger partial charge in [-0.3, -0.25) is 0 Å². The molecule has 0 saturated heterocycles. The number of benzene rings is 1. The molecule has 1 aromatic heterocycles. The van der Waals surface area contributed by atoms with Gasteiger partial charge in [0.25, 0.3) is 0 Å². The summed E-state index contributed by atoms with van der Waals surface area (Å²) in [5.74, 6) is 1.06. The Kier molecular flexibility index (Phi) is 3.82. The molecule has 18 heavy (non-hydrogen) atoms. The van der Waals surface area contributed by atoms with Crippen LogP contribution in [0.2, 0.25) is 0 Å². The van der Waals surface area contributed by atoms with Crippen molar-refractivity contribution >= 4 is 0 Å². The van der Waals surface area contributed by atoms with E-state index in [1.54, 1.807) is 0 Å². The lowest BCUT2D eigenvalue weighted by Crippen LogP contribution is -2.25. The van der Waals surface area contributed by atoms with E-state index in [-0.39, 0.29) is 6.04 Å². The molecule has 2 aromatic rings. The van der Waals surface area contributed by atoms with Crippen LogP contribution < -0.4 is 5.32 Å². The third-order valence-electron chi connectivity index (χ3n) is 3.10. The zero-order valence-corrected chi connectivity index (χ0v) is 11.6. The second-order valence-corrected chi connectivity index (χ2v) is 4.81. The second kappa shape index (κ2) is 5.36. The molecule has 0 spiro atoms. The van der Waals surface area contributed by atoms with Crippen LogP contribution in [0.15, 0.2) is 30.6 Å². The van der Waals surface area contributed by atoms with Crippen molar-refractivity contribution in [2.24, 2.45) is 7.05 Å². The molecule has 1 aromatic carbocycles. The number of hydrogen-bond donors (Lipinski definition) is 1. The summed E-state index contributed by atoms with van der Waals surface area (Å²) in [5, 5.41) is 3.51. The van der Waals surface area contributed by atoms with Crippen LogP contribution in [-0.4, -0.2) is 16.1 Å². The molecule has 0 amide bonds. The summed E-state index contributed by atoms with van der Waals surface area (Å²) in [4.78, 5) is 4.47. The quantitative estimate of drug-likeness (QED) is 0.895. The van der Waals surface area contributed by atoms with Crippen LogP contribution in [0.3, 0.4) is 0 Å². The topological polar surface area (TPSA) is 29.9 Å². The van der Waals surface area contributed by atoms with E-state index in [0.717, 1.165) is 12.4 Å². The molecular weight excluding hydrogens is 222 g/mol. The minimum atomic E-state index is 0.161. The van der Waals surface area contributed by atoms with Gasteiger partial charge in [0.2, 0.25) is 0 Å². The van der Waals surface area contributed by atoms with E-state index in [2.05, 4.69) is 53.8 Å². The zero-order valence-electron chi connectivity index (χ0n) is 11.6. The number of nitrogens with one attached hydrogen (secondary N) is 1. The number of aryl methyl sites for hydroxylation is 3. The van der Waals surface area contributed by atoms with Gasteiger partial charge in [0.1, 0.15) is 5.82 Å². The Morgan fingerprint density at radius 1 is 1.22 bits per heavy atom. The van der Waals surface area contributed by atoms with Gasteiger partial charge in [0.05, 0.1) is 6.04 Å². The largest absolute Gasteiger partial charge is 0.336 e. The Bertz CT molecular complexity index is 508. The first-order valence-electron chi connectivity index (χ1n) is 6.40. The van der Waals surface area contributed by atoms with E-state index in [1.807, 2.05) is 19.4 Å². The Balaban J connectivity index is 2.44. The third kappa shape index (κ3) is 2.62. The highest BCUT2D eigenvalue weighted by atomic mass is 15.1. The molecule has 0 radical (unpaired) electrons. The molecule has 3 heteroatoms. The normalized spacial score (nSPS) is 12.7. The van der Waals surface area contributed by atoms with Gasteiger partial charge in [-0.05, 0) is 26.0 Å². The Labute approximate surface area is 109 Å². The number of nitrogens with zero attached hydrogens (tertiary/aromatic N) is 2. The molecule has 0 aliphatic carbocycles. The van der Waals surface area contributed by atoms with Gasteiger partial charge in [-0.25, -0.2) is 4.98 Å². The minimum absolute atomic E-state index is 0.161. The van der Waals surface area contributed by atoms with Gasteiger partial charge in [-0.2, -0.15) is 0 Å². The average molecular weight is 243 g/mol. The second-order valence-electron chi connectivity index (χ2n) is 4.81. The standard InChI is InChI=1S/C15H21N3/c1-5-16-14(15-17-6-7-18(15)4)13-9-11(2)8-12(3)10-13/h6-10,14,16H,5H2,1-4H3. The van der Waals surface area contributed by atoms with Crippen molar-refractivity contribution in [1.82, 2.24) is 14.9 Å². The van der Waals surface area contributed by atoms with Crippen molar-refractivity contribution in [2.75, 3.05) is 6.54 Å². The predicted molar refractivity (Wildman–Crippen MR) is 74.6 cm³/mol. The Hall–Kier alpha value is -1.61. The van der Waals surface area contributed by atoms with Crippen LogP contribution in [0.25, 0.3) is 0 Å². The molecule has 0 fully saturated rings. The molecule has 0 bridgehead atoms. The molecular formula is C15H21N3. The van der Waals surface area contributed by atoms with Gasteiger partial charge in [0.15, 0.2) is 0 Å². The van der Waals surface area contributed by atoms with Crippen LogP contribution in [0, 0.1) is 13.8 Å². The van der Waals surface area contributed by atoms with Crippen LogP contribution in [0.5, 0.6) is 0 Å². The van der Waals surface area contributed by atoms with E-state index < -0.39 is 0 Å². The maximum absolute atomic E-state index is 4.47. The van der Waals surface area contributed by atoms with Crippen LogP contribution >= 0.6 is 0 Å². The summed E-state index contributed by atoms with van der Waals surface area (Å²) in [7, 11) is 2.04. The lowest BCUT2D eigenvalue weighted by Gasteiger charge is -2.19. The maximum atomic E-state index is 4.47. The molecule has 3 nitrogen and oxygen atoms in total. The SMILES string of the molecule is CCNC(c1cc(C)cc(C)c1)c1nccn1C. The van der Waals surface area contributed by atoms with Crippen LogP contribution in [0.4, 0.5) is 0 Å². The molecule has 0 aliphatic heterocycles.